The van der Waals surface area contributed by atoms with Crippen LogP contribution in [0.5, 0.6) is 5.75 Å². The molecule has 0 unspecified atom stereocenters. The average Bonchev–Trinajstić information content (AvgIpc) is 2.89. The van der Waals surface area contributed by atoms with Crippen molar-refractivity contribution in [1.29, 1.82) is 0 Å². The number of rotatable bonds is 2. The van der Waals surface area contributed by atoms with Gasteiger partial charge in [0.15, 0.2) is 0 Å². The van der Waals surface area contributed by atoms with E-state index in [9.17, 15) is 9.90 Å². The van der Waals surface area contributed by atoms with Crippen molar-refractivity contribution in [2.24, 2.45) is 0 Å². The van der Waals surface area contributed by atoms with Gasteiger partial charge >= 0.3 is 0 Å². The Balaban J connectivity index is 1.82. The smallest absolute Gasteiger partial charge is 0.255 e. The molecule has 0 atom stereocenters. The zero-order valence-corrected chi connectivity index (χ0v) is 11.4. The summed E-state index contributed by atoms with van der Waals surface area (Å²) < 4.78 is 0. The normalized spacial score (nSPS) is 13.1. The van der Waals surface area contributed by atoms with E-state index in [4.69, 9.17) is 0 Å². The molecule has 3 nitrogen and oxygen atoms in total. The second kappa shape index (κ2) is 5.00. The number of fused-ring (bicyclic) bond motifs is 1. The molecular weight excluding hydrogens is 250 g/mol. The molecule has 1 aliphatic rings. The van der Waals surface area contributed by atoms with Crippen LogP contribution in [0.4, 0.5) is 5.69 Å². The van der Waals surface area contributed by atoms with E-state index in [2.05, 4.69) is 5.32 Å². The Kier molecular flexibility index (Phi) is 3.18. The third-order valence-electron chi connectivity index (χ3n) is 3.76. The molecular formula is C17H17NO2. The lowest BCUT2D eigenvalue weighted by molar-refractivity contribution is 0.102. The number of amides is 1. The summed E-state index contributed by atoms with van der Waals surface area (Å²) >= 11 is 0. The minimum atomic E-state index is -0.182. The van der Waals surface area contributed by atoms with E-state index in [0.717, 1.165) is 18.4 Å². The average molecular weight is 267 g/mol. The van der Waals surface area contributed by atoms with Gasteiger partial charge in [-0.2, -0.15) is 0 Å². The maximum atomic E-state index is 12.2. The molecule has 0 bridgehead atoms. The Morgan fingerprint density at radius 3 is 2.70 bits per heavy atom. The minimum absolute atomic E-state index is 0.0968. The van der Waals surface area contributed by atoms with E-state index < -0.39 is 0 Å². The van der Waals surface area contributed by atoms with E-state index in [-0.39, 0.29) is 11.7 Å². The molecule has 0 spiro atoms. The fourth-order valence-electron chi connectivity index (χ4n) is 2.65. The van der Waals surface area contributed by atoms with Gasteiger partial charge in [-0.15, -0.1) is 0 Å². The van der Waals surface area contributed by atoms with Crippen LogP contribution in [0.1, 0.15) is 33.5 Å². The molecule has 2 aromatic rings. The predicted molar refractivity (Wildman–Crippen MR) is 79.3 cm³/mol. The molecule has 0 radical (unpaired) electrons. The quantitative estimate of drug-likeness (QED) is 0.819. The van der Waals surface area contributed by atoms with Crippen LogP contribution in [0, 0.1) is 6.92 Å². The maximum Gasteiger partial charge on any atom is 0.255 e. The molecule has 0 aromatic heterocycles. The van der Waals surface area contributed by atoms with Crippen LogP contribution in [0.15, 0.2) is 36.4 Å². The van der Waals surface area contributed by atoms with Gasteiger partial charge in [0.1, 0.15) is 5.75 Å². The van der Waals surface area contributed by atoms with Crippen LogP contribution in [0.3, 0.4) is 0 Å². The number of carbonyl (C=O) groups excluding carboxylic acids is 1. The van der Waals surface area contributed by atoms with Gasteiger partial charge in [0, 0.05) is 5.56 Å². The largest absolute Gasteiger partial charge is 0.506 e. The third-order valence-corrected chi connectivity index (χ3v) is 3.76. The summed E-state index contributed by atoms with van der Waals surface area (Å²) in [5.74, 6) is -0.0848. The number of hydrogen-bond donors (Lipinski definition) is 2. The zero-order valence-electron chi connectivity index (χ0n) is 11.4. The van der Waals surface area contributed by atoms with Gasteiger partial charge in [-0.1, -0.05) is 12.1 Å². The van der Waals surface area contributed by atoms with Crippen LogP contribution in [0.25, 0.3) is 0 Å². The van der Waals surface area contributed by atoms with Gasteiger partial charge in [-0.05, 0) is 67.1 Å². The summed E-state index contributed by atoms with van der Waals surface area (Å²) in [4.78, 5) is 12.2. The Bertz CT molecular complexity index is 677. The van der Waals surface area contributed by atoms with E-state index in [0.29, 0.717) is 11.3 Å². The lowest BCUT2D eigenvalue weighted by Gasteiger charge is -2.09. The maximum absolute atomic E-state index is 12.2. The molecule has 3 rings (SSSR count). The van der Waals surface area contributed by atoms with Crippen LogP contribution < -0.4 is 5.32 Å². The number of aryl methyl sites for hydroxylation is 3. The summed E-state index contributed by atoms with van der Waals surface area (Å²) in [6.45, 7) is 1.89. The summed E-state index contributed by atoms with van der Waals surface area (Å²) in [7, 11) is 0. The molecule has 20 heavy (non-hydrogen) atoms. The number of phenols is 1. The number of aromatic hydroxyl groups is 1. The van der Waals surface area contributed by atoms with Crippen molar-refractivity contribution in [3.8, 4) is 5.75 Å². The molecule has 102 valence electrons. The Labute approximate surface area is 118 Å². The SMILES string of the molecule is Cc1ccc(NC(=O)c2ccc3c(c2)CCC3)c(O)c1. The van der Waals surface area contributed by atoms with Crippen LogP contribution in [-0.2, 0) is 12.8 Å². The molecule has 0 heterocycles. The van der Waals surface area contributed by atoms with Gasteiger partial charge in [0.2, 0.25) is 0 Å². The van der Waals surface area contributed by atoms with Crippen molar-refractivity contribution < 1.29 is 9.90 Å². The first-order valence-corrected chi connectivity index (χ1v) is 6.86. The standard InChI is InChI=1S/C17H17NO2/c1-11-5-8-15(16(19)9-11)18-17(20)14-7-6-12-3-2-4-13(12)10-14/h5-10,19H,2-4H2,1H3,(H,18,20). The molecule has 1 amide bonds. The van der Waals surface area contributed by atoms with Crippen molar-refractivity contribution >= 4 is 11.6 Å². The molecule has 0 saturated carbocycles. The highest BCUT2D eigenvalue weighted by atomic mass is 16.3. The van der Waals surface area contributed by atoms with Gasteiger partial charge in [0.25, 0.3) is 5.91 Å². The van der Waals surface area contributed by atoms with Gasteiger partial charge in [0.05, 0.1) is 5.69 Å². The number of hydrogen-bond acceptors (Lipinski definition) is 2. The molecule has 0 aliphatic heterocycles. The highest BCUT2D eigenvalue weighted by Gasteiger charge is 2.14. The van der Waals surface area contributed by atoms with Gasteiger partial charge in [-0.3, -0.25) is 4.79 Å². The lowest BCUT2D eigenvalue weighted by Crippen LogP contribution is -2.12. The molecule has 3 heteroatoms. The van der Waals surface area contributed by atoms with Gasteiger partial charge in [-0.25, -0.2) is 0 Å². The van der Waals surface area contributed by atoms with E-state index >= 15 is 0 Å². The highest BCUT2D eigenvalue weighted by Crippen LogP contribution is 2.26. The van der Waals surface area contributed by atoms with E-state index in [1.54, 1.807) is 12.1 Å². The fourth-order valence-corrected chi connectivity index (χ4v) is 2.65. The second-order valence-corrected chi connectivity index (χ2v) is 5.31. The first-order valence-electron chi connectivity index (χ1n) is 6.86. The molecule has 2 N–H and O–H groups in total. The zero-order chi connectivity index (χ0) is 14.1. The number of nitrogens with one attached hydrogen (secondary N) is 1. The number of anilines is 1. The number of carbonyl (C=O) groups is 1. The van der Waals surface area contributed by atoms with Crippen molar-refractivity contribution in [1.82, 2.24) is 0 Å². The van der Waals surface area contributed by atoms with Crippen molar-refractivity contribution in [3.05, 3.63) is 58.7 Å². The molecule has 0 saturated heterocycles. The summed E-state index contributed by atoms with van der Waals surface area (Å²) in [6.07, 6.45) is 3.32. The Morgan fingerprint density at radius 2 is 1.90 bits per heavy atom. The molecule has 0 fully saturated rings. The second-order valence-electron chi connectivity index (χ2n) is 5.31. The molecule has 2 aromatic carbocycles. The molecule has 1 aliphatic carbocycles. The first kappa shape index (κ1) is 12.7. The van der Waals surface area contributed by atoms with Crippen molar-refractivity contribution in [3.63, 3.8) is 0 Å². The van der Waals surface area contributed by atoms with Crippen LogP contribution in [0.2, 0.25) is 0 Å². The van der Waals surface area contributed by atoms with E-state index in [1.165, 1.54) is 17.5 Å². The van der Waals surface area contributed by atoms with Gasteiger partial charge < -0.3 is 10.4 Å². The van der Waals surface area contributed by atoms with Crippen molar-refractivity contribution in [2.45, 2.75) is 26.2 Å². The highest BCUT2D eigenvalue weighted by molar-refractivity contribution is 6.05. The summed E-state index contributed by atoms with van der Waals surface area (Å²) in [5, 5.41) is 12.6. The van der Waals surface area contributed by atoms with E-state index in [1.807, 2.05) is 31.2 Å². The van der Waals surface area contributed by atoms with Crippen molar-refractivity contribution in [2.75, 3.05) is 5.32 Å². The lowest BCUT2D eigenvalue weighted by atomic mass is 10.1. The predicted octanol–water partition coefficient (Wildman–Crippen LogP) is 3.44. The minimum Gasteiger partial charge on any atom is -0.506 e. The Morgan fingerprint density at radius 1 is 1.10 bits per heavy atom. The Hall–Kier alpha value is -2.29. The topological polar surface area (TPSA) is 49.3 Å². The monoisotopic (exact) mass is 267 g/mol. The summed E-state index contributed by atoms with van der Waals surface area (Å²) in [6, 6.07) is 11.1. The number of phenolic OH excluding ortho intramolecular Hbond substituents is 1. The fraction of sp³-hybridized carbons (Fsp3) is 0.235. The third kappa shape index (κ3) is 2.39. The number of benzene rings is 2. The first-order chi connectivity index (χ1) is 9.63. The summed E-state index contributed by atoms with van der Waals surface area (Å²) in [5.41, 5.74) is 4.66. The van der Waals surface area contributed by atoms with Crippen LogP contribution in [-0.4, -0.2) is 11.0 Å². The van der Waals surface area contributed by atoms with Crippen LogP contribution >= 0.6 is 0 Å².